The van der Waals surface area contributed by atoms with Gasteiger partial charge in [-0.2, -0.15) is 0 Å². The molecule has 0 radical (unpaired) electrons. The van der Waals surface area contributed by atoms with Gasteiger partial charge in [-0.25, -0.2) is 0 Å². The highest BCUT2D eigenvalue weighted by Crippen LogP contribution is 2.26. The lowest BCUT2D eigenvalue weighted by Gasteiger charge is -1.91. The molecule has 1 nitrogen and oxygen atoms in total. The van der Waals surface area contributed by atoms with Crippen molar-refractivity contribution in [3.05, 3.63) is 22.5 Å². The van der Waals surface area contributed by atoms with Crippen molar-refractivity contribution in [3.8, 4) is 0 Å². The van der Waals surface area contributed by atoms with Crippen molar-refractivity contribution in [3.63, 3.8) is 0 Å². The minimum Gasteiger partial charge on any atom is -0.362 e. The molecule has 0 fully saturated rings. The maximum absolute atomic E-state index is 3.42. The van der Waals surface area contributed by atoms with Gasteiger partial charge in [0.2, 0.25) is 0 Å². The number of aryl methyl sites for hydroxylation is 2. The molecule has 0 atom stereocenters. The molecule has 1 aromatic rings. The molecule has 10 heavy (non-hydrogen) atoms. The second-order valence-corrected chi connectivity index (χ2v) is 3.19. The molecule has 0 unspecified atom stereocenters. The molecule has 0 amide bonds. The molecule has 0 spiro atoms. The molecule has 0 aromatic carbocycles. The Kier molecular flexibility index (Phi) is 1.13. The van der Waals surface area contributed by atoms with Crippen molar-refractivity contribution in [2.24, 2.45) is 0 Å². The van der Waals surface area contributed by atoms with E-state index in [0.717, 1.165) is 0 Å². The third-order valence-corrected chi connectivity index (χ3v) is 2.57. The van der Waals surface area contributed by atoms with Crippen molar-refractivity contribution >= 4 is 0 Å². The Morgan fingerprint density at radius 3 is 2.70 bits per heavy atom. The van der Waals surface area contributed by atoms with Crippen molar-refractivity contribution in [2.45, 2.75) is 33.1 Å². The molecule has 1 N–H and O–H groups in total. The van der Waals surface area contributed by atoms with Crippen LogP contribution in [0.1, 0.15) is 28.9 Å². The van der Waals surface area contributed by atoms with Crippen molar-refractivity contribution in [2.75, 3.05) is 0 Å². The number of hydrogen-bond donors (Lipinski definition) is 1. The van der Waals surface area contributed by atoms with Gasteiger partial charge in [-0.1, -0.05) is 0 Å². The first-order chi connectivity index (χ1) is 4.79. The average Bonchev–Trinajstić information content (AvgIpc) is 2.41. The maximum atomic E-state index is 3.42. The van der Waals surface area contributed by atoms with Crippen molar-refractivity contribution < 1.29 is 0 Å². The molecule has 1 aliphatic carbocycles. The Hall–Kier alpha value is -0.720. The van der Waals surface area contributed by atoms with E-state index < -0.39 is 0 Å². The van der Waals surface area contributed by atoms with E-state index in [2.05, 4.69) is 18.8 Å². The molecule has 0 aliphatic heterocycles. The van der Waals surface area contributed by atoms with Crippen LogP contribution in [0.2, 0.25) is 0 Å². The number of aromatic amines is 1. The van der Waals surface area contributed by atoms with Crippen LogP contribution in [-0.4, -0.2) is 4.98 Å². The van der Waals surface area contributed by atoms with Crippen LogP contribution in [0.5, 0.6) is 0 Å². The summed E-state index contributed by atoms with van der Waals surface area (Å²) in [5, 5.41) is 0. The number of H-pyrrole nitrogens is 1. The molecule has 54 valence electrons. The molecule has 1 heterocycles. The van der Waals surface area contributed by atoms with E-state index in [1.807, 2.05) is 0 Å². The molecule has 0 saturated heterocycles. The molecule has 0 saturated carbocycles. The Balaban J connectivity index is 2.59. The van der Waals surface area contributed by atoms with E-state index in [0.29, 0.717) is 0 Å². The largest absolute Gasteiger partial charge is 0.362 e. The van der Waals surface area contributed by atoms with Gasteiger partial charge in [-0.3, -0.25) is 0 Å². The summed E-state index contributed by atoms with van der Waals surface area (Å²) in [5.41, 5.74) is 5.95. The monoisotopic (exact) mass is 135 g/mol. The summed E-state index contributed by atoms with van der Waals surface area (Å²) < 4.78 is 0. The number of hydrogen-bond acceptors (Lipinski definition) is 0. The van der Waals surface area contributed by atoms with Crippen LogP contribution >= 0.6 is 0 Å². The van der Waals surface area contributed by atoms with Gasteiger partial charge in [-0.05, 0) is 44.2 Å². The minimum absolute atomic E-state index is 1.27. The van der Waals surface area contributed by atoms with Crippen molar-refractivity contribution in [1.82, 2.24) is 4.98 Å². The van der Waals surface area contributed by atoms with Crippen LogP contribution in [0.15, 0.2) is 0 Å². The Morgan fingerprint density at radius 2 is 2.00 bits per heavy atom. The van der Waals surface area contributed by atoms with Gasteiger partial charge in [0.1, 0.15) is 0 Å². The predicted molar refractivity (Wildman–Crippen MR) is 42.3 cm³/mol. The van der Waals surface area contributed by atoms with E-state index in [1.165, 1.54) is 36.2 Å². The zero-order valence-corrected chi connectivity index (χ0v) is 6.62. The number of rotatable bonds is 0. The van der Waals surface area contributed by atoms with Crippen LogP contribution in [-0.2, 0) is 12.8 Å². The quantitative estimate of drug-likeness (QED) is 0.561. The number of nitrogens with one attached hydrogen (secondary N) is 1. The van der Waals surface area contributed by atoms with Gasteiger partial charge in [0, 0.05) is 11.4 Å². The lowest BCUT2D eigenvalue weighted by molar-refractivity contribution is 0.883. The average molecular weight is 135 g/mol. The first-order valence-electron chi connectivity index (χ1n) is 3.96. The summed E-state index contributed by atoms with van der Waals surface area (Å²) in [5.74, 6) is 0. The predicted octanol–water partition coefficient (Wildman–Crippen LogP) is 2.12. The summed E-state index contributed by atoms with van der Waals surface area (Å²) in [7, 11) is 0. The summed E-state index contributed by atoms with van der Waals surface area (Å²) in [6.07, 6.45) is 3.91. The van der Waals surface area contributed by atoms with Crippen LogP contribution in [0, 0.1) is 13.8 Å². The first kappa shape index (κ1) is 6.02. The van der Waals surface area contributed by atoms with E-state index in [9.17, 15) is 0 Å². The minimum atomic E-state index is 1.27. The lowest BCUT2D eigenvalue weighted by atomic mass is 10.1. The lowest BCUT2D eigenvalue weighted by Crippen LogP contribution is -1.80. The maximum Gasteiger partial charge on any atom is 0.0184 e. The molecule has 2 rings (SSSR count). The summed E-state index contributed by atoms with van der Waals surface area (Å²) >= 11 is 0. The zero-order valence-electron chi connectivity index (χ0n) is 6.62. The smallest absolute Gasteiger partial charge is 0.0184 e. The standard InChI is InChI=1S/C9H13N/c1-6-7(2)10-9-5-3-4-8(6)9/h10H,3-5H2,1-2H3. The van der Waals surface area contributed by atoms with E-state index >= 15 is 0 Å². The Labute approximate surface area is 61.5 Å². The van der Waals surface area contributed by atoms with Crippen LogP contribution < -0.4 is 0 Å². The normalized spacial score (nSPS) is 15.8. The molecule has 0 bridgehead atoms. The molecule has 1 aliphatic rings. The fourth-order valence-corrected chi connectivity index (χ4v) is 1.84. The van der Waals surface area contributed by atoms with Gasteiger partial charge in [0.15, 0.2) is 0 Å². The van der Waals surface area contributed by atoms with Crippen LogP contribution in [0.25, 0.3) is 0 Å². The molecule has 1 aromatic heterocycles. The van der Waals surface area contributed by atoms with Gasteiger partial charge in [0.25, 0.3) is 0 Å². The second-order valence-electron chi connectivity index (χ2n) is 3.19. The highest BCUT2D eigenvalue weighted by molar-refractivity contribution is 5.38. The Morgan fingerprint density at radius 1 is 1.20 bits per heavy atom. The van der Waals surface area contributed by atoms with E-state index in [-0.39, 0.29) is 0 Å². The van der Waals surface area contributed by atoms with Gasteiger partial charge >= 0.3 is 0 Å². The number of aromatic nitrogens is 1. The second kappa shape index (κ2) is 1.88. The van der Waals surface area contributed by atoms with Crippen LogP contribution in [0.3, 0.4) is 0 Å². The summed E-state index contributed by atoms with van der Waals surface area (Å²) in [4.78, 5) is 3.42. The van der Waals surface area contributed by atoms with E-state index in [4.69, 9.17) is 0 Å². The number of fused-ring (bicyclic) bond motifs is 1. The topological polar surface area (TPSA) is 15.8 Å². The first-order valence-corrected chi connectivity index (χ1v) is 3.96. The van der Waals surface area contributed by atoms with Crippen LogP contribution in [0.4, 0.5) is 0 Å². The third-order valence-electron chi connectivity index (χ3n) is 2.57. The molecular weight excluding hydrogens is 122 g/mol. The summed E-state index contributed by atoms with van der Waals surface area (Å²) in [6, 6.07) is 0. The van der Waals surface area contributed by atoms with Gasteiger partial charge < -0.3 is 4.98 Å². The molecular formula is C9H13N. The SMILES string of the molecule is Cc1[nH]c2c(c1C)CCC2. The Bertz CT molecular complexity index is 258. The van der Waals surface area contributed by atoms with E-state index in [1.54, 1.807) is 5.56 Å². The fraction of sp³-hybridized carbons (Fsp3) is 0.556. The van der Waals surface area contributed by atoms with Crippen molar-refractivity contribution in [1.29, 1.82) is 0 Å². The molecule has 1 heteroatoms. The highest BCUT2D eigenvalue weighted by Gasteiger charge is 2.15. The fourth-order valence-electron chi connectivity index (χ4n) is 1.84. The highest BCUT2D eigenvalue weighted by atomic mass is 14.7. The third kappa shape index (κ3) is 0.634. The summed E-state index contributed by atoms with van der Waals surface area (Å²) in [6.45, 7) is 4.38. The van der Waals surface area contributed by atoms with Gasteiger partial charge in [-0.15, -0.1) is 0 Å². The van der Waals surface area contributed by atoms with Gasteiger partial charge in [0.05, 0.1) is 0 Å². The zero-order chi connectivity index (χ0) is 7.14.